The Labute approximate surface area is 211 Å². The summed E-state index contributed by atoms with van der Waals surface area (Å²) in [6.07, 6.45) is 2.23. The Hall–Kier alpha value is -4.25. The molecule has 37 heavy (non-hydrogen) atoms. The molecule has 0 aliphatic heterocycles. The van der Waals surface area contributed by atoms with Crippen LogP contribution in [0.3, 0.4) is 0 Å². The zero-order valence-corrected chi connectivity index (χ0v) is 20.5. The molecule has 0 saturated heterocycles. The quantitative estimate of drug-likeness (QED) is 0.347. The molecule has 0 atom stereocenters. The Morgan fingerprint density at radius 2 is 1.92 bits per heavy atom. The van der Waals surface area contributed by atoms with Crippen molar-refractivity contribution in [2.45, 2.75) is 13.1 Å². The van der Waals surface area contributed by atoms with Gasteiger partial charge in [-0.25, -0.2) is 15.0 Å². The number of anilines is 2. The molecule has 0 aliphatic rings. The SMILES string of the molecule is Cc1ccc(NC(=O)c2cccc(C(F)(F)F)c2)cc1C=Cn1cnc2c(NCCN(C)C)ncnc21. The van der Waals surface area contributed by atoms with Crippen LogP contribution in [0, 0.1) is 6.92 Å². The van der Waals surface area contributed by atoms with Crippen LogP contribution in [0.15, 0.2) is 55.1 Å². The molecule has 0 radical (unpaired) electrons. The molecule has 0 spiro atoms. The number of nitrogens with zero attached hydrogens (tertiary/aromatic N) is 5. The van der Waals surface area contributed by atoms with Gasteiger partial charge in [0, 0.05) is 30.5 Å². The Balaban J connectivity index is 1.52. The molecule has 2 heterocycles. The highest BCUT2D eigenvalue weighted by atomic mass is 19.4. The Morgan fingerprint density at radius 1 is 1.11 bits per heavy atom. The summed E-state index contributed by atoms with van der Waals surface area (Å²) >= 11 is 0. The summed E-state index contributed by atoms with van der Waals surface area (Å²) in [6.45, 7) is 3.46. The van der Waals surface area contributed by atoms with Gasteiger partial charge < -0.3 is 15.5 Å². The molecule has 0 aliphatic carbocycles. The molecule has 192 valence electrons. The van der Waals surface area contributed by atoms with Crippen LogP contribution in [-0.4, -0.2) is 57.5 Å². The van der Waals surface area contributed by atoms with Crippen LogP contribution in [-0.2, 0) is 6.18 Å². The first-order valence-electron chi connectivity index (χ1n) is 11.5. The Bertz CT molecular complexity index is 1440. The van der Waals surface area contributed by atoms with Crippen molar-refractivity contribution in [1.82, 2.24) is 24.4 Å². The van der Waals surface area contributed by atoms with Crippen molar-refractivity contribution >= 4 is 40.9 Å². The van der Waals surface area contributed by atoms with Crippen LogP contribution in [0.4, 0.5) is 24.7 Å². The van der Waals surface area contributed by atoms with E-state index in [2.05, 4.69) is 30.5 Å². The van der Waals surface area contributed by atoms with Crippen LogP contribution < -0.4 is 10.6 Å². The maximum atomic E-state index is 13.0. The number of fused-ring (bicyclic) bond motifs is 1. The fourth-order valence-corrected chi connectivity index (χ4v) is 3.59. The number of hydrogen-bond donors (Lipinski definition) is 2. The number of carbonyl (C=O) groups excluding carboxylic acids is 1. The predicted molar refractivity (Wildman–Crippen MR) is 138 cm³/mol. The second kappa shape index (κ2) is 10.8. The lowest BCUT2D eigenvalue weighted by molar-refractivity contribution is -0.137. The highest BCUT2D eigenvalue weighted by Gasteiger charge is 2.30. The predicted octanol–water partition coefficient (Wildman–Crippen LogP) is 5.01. The highest BCUT2D eigenvalue weighted by molar-refractivity contribution is 6.04. The number of amides is 1. The smallest absolute Gasteiger partial charge is 0.367 e. The van der Waals surface area contributed by atoms with Gasteiger partial charge in [0.15, 0.2) is 17.0 Å². The van der Waals surface area contributed by atoms with Gasteiger partial charge in [0.1, 0.15) is 12.7 Å². The second-order valence-corrected chi connectivity index (χ2v) is 8.70. The molecule has 2 aromatic carbocycles. The summed E-state index contributed by atoms with van der Waals surface area (Å²) < 4.78 is 40.8. The van der Waals surface area contributed by atoms with Crippen molar-refractivity contribution < 1.29 is 18.0 Å². The van der Waals surface area contributed by atoms with E-state index < -0.39 is 17.6 Å². The van der Waals surface area contributed by atoms with Crippen molar-refractivity contribution in [3.8, 4) is 0 Å². The molecule has 11 heteroatoms. The number of likely N-dealkylation sites (N-methyl/N-ethyl adjacent to an activating group) is 1. The molecule has 0 saturated carbocycles. The molecule has 1 amide bonds. The van der Waals surface area contributed by atoms with Crippen LogP contribution in [0.5, 0.6) is 0 Å². The summed E-state index contributed by atoms with van der Waals surface area (Å²) in [5, 5.41) is 5.94. The lowest BCUT2D eigenvalue weighted by Gasteiger charge is -2.11. The van der Waals surface area contributed by atoms with Gasteiger partial charge in [0.25, 0.3) is 5.91 Å². The third-order valence-electron chi connectivity index (χ3n) is 5.61. The standard InChI is InChI=1S/C26H26F3N7O/c1-17-7-8-21(34-25(37)19-5-4-6-20(13-19)26(27,28)29)14-18(17)9-11-36-16-33-22-23(30-10-12-35(2)3)31-15-32-24(22)36/h4-9,11,13-16H,10,12H2,1-3H3,(H,34,37)(H,30,31,32). The first-order valence-corrected chi connectivity index (χ1v) is 11.5. The number of aromatic nitrogens is 4. The molecule has 4 aromatic rings. The normalized spacial score (nSPS) is 12.0. The van der Waals surface area contributed by atoms with Gasteiger partial charge in [-0.1, -0.05) is 12.1 Å². The van der Waals surface area contributed by atoms with Gasteiger partial charge in [-0.05, 0) is 68.6 Å². The van der Waals surface area contributed by atoms with Crippen molar-refractivity contribution in [3.05, 3.63) is 77.4 Å². The number of halogens is 3. The summed E-state index contributed by atoms with van der Waals surface area (Å²) in [5.41, 5.74) is 2.53. The highest BCUT2D eigenvalue weighted by Crippen LogP contribution is 2.30. The zero-order valence-electron chi connectivity index (χ0n) is 20.5. The average molecular weight is 510 g/mol. The number of alkyl halides is 3. The van der Waals surface area contributed by atoms with E-state index >= 15 is 0 Å². The number of carbonyl (C=O) groups is 1. The summed E-state index contributed by atoms with van der Waals surface area (Å²) in [7, 11) is 3.98. The number of imidazole rings is 1. The zero-order chi connectivity index (χ0) is 26.6. The summed E-state index contributed by atoms with van der Waals surface area (Å²) in [4.78, 5) is 27.7. The third kappa shape index (κ3) is 6.31. The molecular weight excluding hydrogens is 483 g/mol. The van der Waals surface area contributed by atoms with Crippen LogP contribution in [0.25, 0.3) is 23.4 Å². The summed E-state index contributed by atoms with van der Waals surface area (Å²) in [6, 6.07) is 9.59. The second-order valence-electron chi connectivity index (χ2n) is 8.70. The van der Waals surface area contributed by atoms with E-state index in [1.807, 2.05) is 33.2 Å². The number of aryl methyl sites for hydroxylation is 1. The average Bonchev–Trinajstić information content (AvgIpc) is 3.27. The van der Waals surface area contributed by atoms with Gasteiger partial charge in [-0.3, -0.25) is 9.36 Å². The molecule has 4 rings (SSSR count). The number of nitrogens with one attached hydrogen (secondary N) is 2. The van der Waals surface area contributed by atoms with Gasteiger partial charge >= 0.3 is 6.18 Å². The fourth-order valence-electron chi connectivity index (χ4n) is 3.59. The number of rotatable bonds is 8. The minimum Gasteiger partial charge on any atom is -0.367 e. The van der Waals surface area contributed by atoms with Crippen LogP contribution >= 0.6 is 0 Å². The molecule has 0 bridgehead atoms. The van der Waals surface area contributed by atoms with E-state index in [-0.39, 0.29) is 5.56 Å². The number of hydrogen-bond acceptors (Lipinski definition) is 6. The topological polar surface area (TPSA) is 88.0 Å². The first-order chi connectivity index (χ1) is 17.6. The fraction of sp³-hybridized carbons (Fsp3) is 0.231. The van der Waals surface area contributed by atoms with E-state index in [4.69, 9.17) is 0 Å². The third-order valence-corrected chi connectivity index (χ3v) is 5.61. The van der Waals surface area contributed by atoms with Crippen LogP contribution in [0.2, 0.25) is 0 Å². The summed E-state index contributed by atoms with van der Waals surface area (Å²) in [5.74, 6) is 0.0194. The van der Waals surface area contributed by atoms with Crippen molar-refractivity contribution in [2.75, 3.05) is 37.8 Å². The number of benzene rings is 2. The lowest BCUT2D eigenvalue weighted by Crippen LogP contribution is -2.21. The Kier molecular flexibility index (Phi) is 7.53. The van der Waals surface area contributed by atoms with Gasteiger partial charge in [0.2, 0.25) is 0 Å². The minimum atomic E-state index is -4.52. The lowest BCUT2D eigenvalue weighted by atomic mass is 10.1. The Morgan fingerprint density at radius 3 is 2.68 bits per heavy atom. The minimum absolute atomic E-state index is 0.0768. The molecule has 2 N–H and O–H groups in total. The maximum Gasteiger partial charge on any atom is 0.416 e. The maximum absolute atomic E-state index is 13.0. The molecular formula is C26H26F3N7O. The van der Waals surface area contributed by atoms with Crippen molar-refractivity contribution in [1.29, 1.82) is 0 Å². The molecule has 0 fully saturated rings. The van der Waals surface area contributed by atoms with E-state index in [9.17, 15) is 18.0 Å². The van der Waals surface area contributed by atoms with Crippen molar-refractivity contribution in [2.24, 2.45) is 0 Å². The molecule has 2 aromatic heterocycles. The van der Waals surface area contributed by atoms with Crippen molar-refractivity contribution in [3.63, 3.8) is 0 Å². The van der Waals surface area contributed by atoms with Gasteiger partial charge in [-0.2, -0.15) is 13.2 Å². The van der Waals surface area contributed by atoms with Gasteiger partial charge in [0.05, 0.1) is 5.56 Å². The van der Waals surface area contributed by atoms with E-state index in [1.165, 1.54) is 18.5 Å². The molecule has 8 nitrogen and oxygen atoms in total. The monoisotopic (exact) mass is 509 g/mol. The van der Waals surface area contributed by atoms with Crippen LogP contribution in [0.1, 0.15) is 27.0 Å². The largest absolute Gasteiger partial charge is 0.416 e. The van der Waals surface area contributed by atoms with E-state index in [1.54, 1.807) is 29.2 Å². The van der Waals surface area contributed by atoms with Gasteiger partial charge in [-0.15, -0.1) is 0 Å². The molecule has 0 unspecified atom stereocenters. The van der Waals surface area contributed by atoms with E-state index in [0.717, 1.165) is 29.8 Å². The first kappa shape index (κ1) is 25.8. The van der Waals surface area contributed by atoms with E-state index in [0.29, 0.717) is 29.2 Å².